The molecule has 0 N–H and O–H groups in total. The number of aromatic nitrogens is 3. The number of benzene rings is 1. The molecule has 3 heterocycles. The Morgan fingerprint density at radius 2 is 1.85 bits per heavy atom. The number of hydrogen-bond acceptors (Lipinski definition) is 5. The summed E-state index contributed by atoms with van der Waals surface area (Å²) in [7, 11) is -3.69. The maximum Gasteiger partial charge on any atom is 0.243 e. The Morgan fingerprint density at radius 1 is 1.07 bits per heavy atom. The Bertz CT molecular complexity index is 1130. The third kappa shape index (κ3) is 3.53. The number of nitrogens with zero attached hydrogens (tertiary/aromatic N) is 5. The van der Waals surface area contributed by atoms with E-state index in [2.05, 4.69) is 10.00 Å². The van der Waals surface area contributed by atoms with Gasteiger partial charge in [0, 0.05) is 32.4 Å². The van der Waals surface area contributed by atoms with Gasteiger partial charge in [-0.05, 0) is 42.5 Å². The van der Waals surface area contributed by atoms with E-state index in [-0.39, 0.29) is 4.90 Å². The van der Waals surface area contributed by atoms with Gasteiger partial charge < -0.3 is 0 Å². The summed E-state index contributed by atoms with van der Waals surface area (Å²) in [5, 5.41) is 4.49. The molecule has 0 atom stereocenters. The SMILES string of the molecule is O=S(=O)(c1cccc(F)c1)N1CCN(Cn2nc3ccccn3c2=S)CC1. The van der Waals surface area contributed by atoms with E-state index in [1.807, 2.05) is 28.8 Å². The van der Waals surface area contributed by atoms with Gasteiger partial charge in [0.25, 0.3) is 0 Å². The molecule has 1 saturated heterocycles. The predicted octanol–water partition coefficient (Wildman–Crippen LogP) is 1.97. The largest absolute Gasteiger partial charge is 0.282 e. The van der Waals surface area contributed by atoms with Gasteiger partial charge in [-0.25, -0.2) is 17.5 Å². The molecule has 10 heteroatoms. The molecular weight excluding hydrogens is 389 g/mol. The first-order chi connectivity index (χ1) is 12.9. The molecule has 0 spiro atoms. The van der Waals surface area contributed by atoms with Crippen LogP contribution in [0.1, 0.15) is 0 Å². The summed E-state index contributed by atoms with van der Waals surface area (Å²) in [5.41, 5.74) is 0.773. The Morgan fingerprint density at radius 3 is 2.56 bits per heavy atom. The van der Waals surface area contributed by atoms with Crippen LogP contribution in [0.5, 0.6) is 0 Å². The van der Waals surface area contributed by atoms with Gasteiger partial charge in [0.2, 0.25) is 14.8 Å². The second kappa shape index (κ2) is 7.12. The van der Waals surface area contributed by atoms with Crippen molar-refractivity contribution >= 4 is 27.9 Å². The number of rotatable bonds is 4. The summed E-state index contributed by atoms with van der Waals surface area (Å²) >= 11 is 5.45. The smallest absolute Gasteiger partial charge is 0.243 e. The zero-order valence-electron chi connectivity index (χ0n) is 14.4. The van der Waals surface area contributed by atoms with Gasteiger partial charge in [0.15, 0.2) is 5.65 Å². The second-order valence-corrected chi connectivity index (χ2v) is 8.63. The van der Waals surface area contributed by atoms with E-state index in [0.29, 0.717) is 37.6 Å². The topological polar surface area (TPSA) is 62.9 Å². The Hall–Kier alpha value is -2.14. The lowest BCUT2D eigenvalue weighted by molar-refractivity contribution is 0.145. The van der Waals surface area contributed by atoms with Crippen LogP contribution in [-0.4, -0.2) is 58.0 Å². The molecule has 1 aliphatic heterocycles. The van der Waals surface area contributed by atoms with Crippen LogP contribution in [0, 0.1) is 10.6 Å². The van der Waals surface area contributed by atoms with Gasteiger partial charge in [0.1, 0.15) is 5.82 Å². The summed E-state index contributed by atoms with van der Waals surface area (Å²) in [6.45, 7) is 2.25. The quantitative estimate of drug-likeness (QED) is 0.619. The first-order valence-electron chi connectivity index (χ1n) is 8.47. The number of pyridine rings is 1. The third-order valence-corrected chi connectivity index (χ3v) is 6.89. The minimum atomic E-state index is -3.69. The first-order valence-corrected chi connectivity index (χ1v) is 10.3. The van der Waals surface area contributed by atoms with Crippen molar-refractivity contribution in [1.82, 2.24) is 23.4 Å². The average Bonchev–Trinajstić information content (AvgIpc) is 2.98. The normalized spacial score (nSPS) is 16.8. The molecule has 0 unspecified atom stereocenters. The highest BCUT2D eigenvalue weighted by Crippen LogP contribution is 2.18. The molecule has 1 aromatic carbocycles. The van der Waals surface area contributed by atoms with Crippen LogP contribution >= 0.6 is 12.2 Å². The van der Waals surface area contributed by atoms with Gasteiger partial charge in [-0.15, -0.1) is 0 Å². The zero-order chi connectivity index (χ0) is 19.0. The van der Waals surface area contributed by atoms with E-state index in [9.17, 15) is 12.8 Å². The van der Waals surface area contributed by atoms with Gasteiger partial charge in [-0.1, -0.05) is 12.1 Å². The van der Waals surface area contributed by atoms with Gasteiger partial charge >= 0.3 is 0 Å². The molecule has 4 rings (SSSR count). The second-order valence-electron chi connectivity index (χ2n) is 6.33. The number of piperazine rings is 1. The number of hydrogen-bond donors (Lipinski definition) is 0. The molecule has 27 heavy (non-hydrogen) atoms. The van der Waals surface area contributed by atoms with Crippen molar-refractivity contribution in [1.29, 1.82) is 0 Å². The maximum atomic E-state index is 13.4. The molecule has 7 nitrogen and oxygen atoms in total. The van der Waals surface area contributed by atoms with Crippen LogP contribution in [0.25, 0.3) is 5.65 Å². The Balaban J connectivity index is 1.46. The summed E-state index contributed by atoms with van der Waals surface area (Å²) in [5.74, 6) is -0.559. The van der Waals surface area contributed by atoms with E-state index >= 15 is 0 Å². The lowest BCUT2D eigenvalue weighted by atomic mass is 10.4. The molecule has 0 amide bonds. The van der Waals surface area contributed by atoms with Crippen molar-refractivity contribution in [2.75, 3.05) is 26.2 Å². The average molecular weight is 407 g/mol. The fourth-order valence-corrected chi connectivity index (χ4v) is 4.84. The predicted molar refractivity (Wildman–Crippen MR) is 101 cm³/mol. The van der Waals surface area contributed by atoms with Crippen LogP contribution in [0.4, 0.5) is 4.39 Å². The van der Waals surface area contributed by atoms with Crippen molar-refractivity contribution < 1.29 is 12.8 Å². The van der Waals surface area contributed by atoms with Gasteiger partial charge in [0.05, 0.1) is 11.6 Å². The van der Waals surface area contributed by atoms with E-state index in [1.54, 1.807) is 4.68 Å². The van der Waals surface area contributed by atoms with Crippen LogP contribution in [0.3, 0.4) is 0 Å². The summed E-state index contributed by atoms with van der Waals surface area (Å²) in [4.78, 5) is 2.08. The van der Waals surface area contributed by atoms with Crippen molar-refractivity contribution in [3.63, 3.8) is 0 Å². The number of fused-ring (bicyclic) bond motifs is 1. The minimum Gasteiger partial charge on any atom is -0.282 e. The van der Waals surface area contributed by atoms with Crippen LogP contribution < -0.4 is 0 Å². The van der Waals surface area contributed by atoms with Gasteiger partial charge in [-0.3, -0.25) is 9.30 Å². The van der Waals surface area contributed by atoms with Crippen LogP contribution in [0.15, 0.2) is 53.6 Å². The Kier molecular flexibility index (Phi) is 4.81. The molecule has 2 aromatic heterocycles. The molecule has 142 valence electrons. The summed E-state index contributed by atoms with van der Waals surface area (Å²) in [6, 6.07) is 10.8. The molecule has 1 aliphatic rings. The van der Waals surface area contributed by atoms with Crippen molar-refractivity contribution in [2.45, 2.75) is 11.6 Å². The Labute approximate surface area is 161 Å². The van der Waals surface area contributed by atoms with Gasteiger partial charge in [-0.2, -0.15) is 9.40 Å². The monoisotopic (exact) mass is 407 g/mol. The molecule has 0 saturated carbocycles. The third-order valence-electron chi connectivity index (χ3n) is 4.59. The fourth-order valence-electron chi connectivity index (χ4n) is 3.14. The minimum absolute atomic E-state index is 0.0153. The highest BCUT2D eigenvalue weighted by atomic mass is 32.2. The van der Waals surface area contributed by atoms with Crippen molar-refractivity contribution in [2.24, 2.45) is 0 Å². The molecule has 0 radical (unpaired) electrons. The summed E-state index contributed by atoms with van der Waals surface area (Å²) in [6.07, 6.45) is 1.87. The molecule has 3 aromatic rings. The highest BCUT2D eigenvalue weighted by molar-refractivity contribution is 7.89. The molecule has 1 fully saturated rings. The summed E-state index contributed by atoms with van der Waals surface area (Å²) < 4.78 is 44.3. The number of halogens is 1. The van der Waals surface area contributed by atoms with E-state index in [0.717, 1.165) is 11.7 Å². The van der Waals surface area contributed by atoms with Crippen LogP contribution in [-0.2, 0) is 16.7 Å². The molecule has 0 bridgehead atoms. The molecular formula is C17H18FN5O2S2. The lowest BCUT2D eigenvalue weighted by Crippen LogP contribution is -2.48. The zero-order valence-corrected chi connectivity index (χ0v) is 16.0. The highest BCUT2D eigenvalue weighted by Gasteiger charge is 2.29. The fraction of sp³-hybridized carbons (Fsp3) is 0.294. The van der Waals surface area contributed by atoms with E-state index < -0.39 is 15.8 Å². The van der Waals surface area contributed by atoms with Crippen molar-refractivity contribution in [3.05, 3.63) is 59.2 Å². The van der Waals surface area contributed by atoms with Crippen LogP contribution in [0.2, 0.25) is 0 Å². The van der Waals surface area contributed by atoms with Crippen molar-refractivity contribution in [3.8, 4) is 0 Å². The lowest BCUT2D eigenvalue weighted by Gasteiger charge is -2.33. The molecule has 0 aliphatic carbocycles. The number of sulfonamides is 1. The van der Waals surface area contributed by atoms with E-state index in [1.165, 1.54) is 22.5 Å². The van der Waals surface area contributed by atoms with E-state index in [4.69, 9.17) is 12.2 Å². The standard InChI is InChI=1S/C17H18FN5O2S2/c18-14-4-3-5-15(12-14)27(24,25)21-10-8-20(9-11-21)13-23-17(26)22-7-2-1-6-16(22)19-23/h1-7,12H,8-11,13H2. The maximum absolute atomic E-state index is 13.4. The first kappa shape index (κ1) is 18.2.